The quantitative estimate of drug-likeness (QED) is 0.799. The first kappa shape index (κ1) is 12.1. The maximum atomic E-state index is 11.1. The fourth-order valence-corrected chi connectivity index (χ4v) is 1.89. The van der Waals surface area contributed by atoms with Gasteiger partial charge in [0.05, 0.1) is 0 Å². The molecule has 0 atom stereocenters. The Morgan fingerprint density at radius 2 is 1.67 bits per heavy atom. The average molecular weight is 244 g/mol. The highest BCUT2D eigenvalue weighted by atomic mass is 16.4. The molecule has 0 radical (unpaired) electrons. The highest BCUT2D eigenvalue weighted by Crippen LogP contribution is 2.33. The molecule has 0 aliphatic heterocycles. The van der Waals surface area contributed by atoms with Crippen molar-refractivity contribution in [1.29, 1.82) is 0 Å². The Morgan fingerprint density at radius 3 is 2.11 bits per heavy atom. The third-order valence-corrected chi connectivity index (χ3v) is 3.06. The van der Waals surface area contributed by atoms with E-state index in [-0.39, 0.29) is 6.42 Å². The van der Waals surface area contributed by atoms with Crippen molar-refractivity contribution in [3.8, 4) is 0 Å². The summed E-state index contributed by atoms with van der Waals surface area (Å²) in [7, 11) is 0. The largest absolute Gasteiger partial charge is 0.480 e. The maximum Gasteiger partial charge on any atom is 0.325 e. The SMILES string of the molecule is O=C(O)C1(C(=O)O)C=CC(c2ccccc2)=CC1. The first-order chi connectivity index (χ1) is 8.56. The molecule has 92 valence electrons. The second kappa shape index (κ2) is 4.49. The first-order valence-corrected chi connectivity index (χ1v) is 5.48. The summed E-state index contributed by atoms with van der Waals surface area (Å²) in [5.74, 6) is -2.68. The van der Waals surface area contributed by atoms with Crippen molar-refractivity contribution in [2.24, 2.45) is 5.41 Å². The van der Waals surface area contributed by atoms with Crippen molar-refractivity contribution in [2.75, 3.05) is 0 Å². The van der Waals surface area contributed by atoms with Crippen molar-refractivity contribution in [2.45, 2.75) is 6.42 Å². The molecule has 0 spiro atoms. The van der Waals surface area contributed by atoms with Crippen LogP contribution in [0.15, 0.2) is 48.6 Å². The number of carboxylic acids is 2. The van der Waals surface area contributed by atoms with Gasteiger partial charge in [-0.15, -0.1) is 0 Å². The molecule has 4 nitrogen and oxygen atoms in total. The second-order valence-electron chi connectivity index (χ2n) is 4.14. The molecule has 0 amide bonds. The van der Waals surface area contributed by atoms with Crippen molar-refractivity contribution in [3.05, 3.63) is 54.1 Å². The predicted octanol–water partition coefficient (Wildman–Crippen LogP) is 2.19. The van der Waals surface area contributed by atoms with E-state index in [9.17, 15) is 9.59 Å². The van der Waals surface area contributed by atoms with E-state index in [1.54, 1.807) is 12.2 Å². The smallest absolute Gasteiger partial charge is 0.325 e. The third-order valence-electron chi connectivity index (χ3n) is 3.06. The van der Waals surface area contributed by atoms with Crippen molar-refractivity contribution in [3.63, 3.8) is 0 Å². The first-order valence-electron chi connectivity index (χ1n) is 5.48. The number of rotatable bonds is 3. The van der Waals surface area contributed by atoms with E-state index < -0.39 is 17.4 Å². The molecule has 18 heavy (non-hydrogen) atoms. The van der Waals surface area contributed by atoms with E-state index in [4.69, 9.17) is 10.2 Å². The van der Waals surface area contributed by atoms with Crippen molar-refractivity contribution in [1.82, 2.24) is 0 Å². The third kappa shape index (κ3) is 1.93. The molecule has 0 bridgehead atoms. The van der Waals surface area contributed by atoms with Crippen LogP contribution < -0.4 is 0 Å². The molecule has 0 heterocycles. The van der Waals surface area contributed by atoms with E-state index >= 15 is 0 Å². The van der Waals surface area contributed by atoms with Crippen LogP contribution in [0.5, 0.6) is 0 Å². The van der Waals surface area contributed by atoms with E-state index in [1.807, 2.05) is 30.3 Å². The highest BCUT2D eigenvalue weighted by Gasteiger charge is 2.44. The van der Waals surface area contributed by atoms with Crippen LogP contribution in [0.1, 0.15) is 12.0 Å². The molecule has 0 aromatic heterocycles. The van der Waals surface area contributed by atoms with E-state index in [0.29, 0.717) is 0 Å². The van der Waals surface area contributed by atoms with Gasteiger partial charge >= 0.3 is 11.9 Å². The zero-order chi connectivity index (χ0) is 13.2. The number of benzene rings is 1. The number of aliphatic carboxylic acids is 2. The van der Waals surface area contributed by atoms with E-state index in [2.05, 4.69) is 0 Å². The minimum absolute atomic E-state index is 0.0433. The Kier molecular flexibility index (Phi) is 3.02. The molecular formula is C14H12O4. The minimum Gasteiger partial charge on any atom is -0.480 e. The zero-order valence-corrected chi connectivity index (χ0v) is 9.54. The summed E-state index contributed by atoms with van der Waals surface area (Å²) in [6, 6.07) is 9.42. The van der Waals surface area contributed by atoms with Gasteiger partial charge in [0, 0.05) is 0 Å². The Hall–Kier alpha value is -2.36. The maximum absolute atomic E-state index is 11.1. The van der Waals surface area contributed by atoms with Gasteiger partial charge in [-0.05, 0) is 17.6 Å². The monoisotopic (exact) mass is 244 g/mol. The van der Waals surface area contributed by atoms with Gasteiger partial charge in [-0.1, -0.05) is 48.6 Å². The number of hydrogen-bond donors (Lipinski definition) is 2. The summed E-state index contributed by atoms with van der Waals surface area (Å²) in [5.41, 5.74) is -0.0509. The van der Waals surface area contributed by atoms with E-state index in [0.717, 1.165) is 11.1 Å². The van der Waals surface area contributed by atoms with Crippen LogP contribution in [0.25, 0.3) is 5.57 Å². The van der Waals surface area contributed by atoms with Gasteiger partial charge in [0.2, 0.25) is 0 Å². The molecule has 0 saturated heterocycles. The fourth-order valence-electron chi connectivity index (χ4n) is 1.89. The average Bonchev–Trinajstić information content (AvgIpc) is 2.39. The molecule has 0 fully saturated rings. The molecule has 1 aliphatic carbocycles. The molecular weight excluding hydrogens is 232 g/mol. The molecule has 2 rings (SSSR count). The van der Waals surface area contributed by atoms with Crippen LogP contribution in [-0.4, -0.2) is 22.2 Å². The van der Waals surface area contributed by atoms with Crippen molar-refractivity contribution >= 4 is 17.5 Å². The number of carbonyl (C=O) groups is 2. The lowest BCUT2D eigenvalue weighted by atomic mass is 9.79. The summed E-state index contributed by atoms with van der Waals surface area (Å²) in [6.07, 6.45) is 4.41. The van der Waals surface area contributed by atoms with Gasteiger partial charge in [0.1, 0.15) is 0 Å². The molecule has 1 aromatic rings. The molecule has 2 N–H and O–H groups in total. The standard InChI is InChI=1S/C14H12O4/c15-12(16)14(13(17)18)8-6-11(7-9-14)10-4-2-1-3-5-10/h1-8H,9H2,(H,15,16)(H,17,18). The Bertz CT molecular complexity index is 526. The lowest BCUT2D eigenvalue weighted by Crippen LogP contribution is -2.38. The summed E-state index contributed by atoms with van der Waals surface area (Å²) in [6.45, 7) is 0. The number of carboxylic acid groups (broad SMARTS) is 2. The van der Waals surface area contributed by atoms with Crippen LogP contribution in [0.2, 0.25) is 0 Å². The van der Waals surface area contributed by atoms with Gasteiger partial charge in [-0.3, -0.25) is 9.59 Å². The summed E-state index contributed by atoms with van der Waals surface area (Å²) in [5, 5.41) is 18.1. The van der Waals surface area contributed by atoms with Gasteiger partial charge in [0.15, 0.2) is 5.41 Å². The van der Waals surface area contributed by atoms with Crippen LogP contribution in [-0.2, 0) is 9.59 Å². The molecule has 0 unspecified atom stereocenters. The molecule has 0 saturated carbocycles. The fraction of sp³-hybridized carbons (Fsp3) is 0.143. The van der Waals surface area contributed by atoms with Gasteiger partial charge in [-0.2, -0.15) is 0 Å². The summed E-state index contributed by atoms with van der Waals surface area (Å²) in [4.78, 5) is 22.2. The Morgan fingerprint density at radius 1 is 1.06 bits per heavy atom. The van der Waals surface area contributed by atoms with E-state index in [1.165, 1.54) is 6.08 Å². The highest BCUT2D eigenvalue weighted by molar-refractivity contribution is 6.02. The molecule has 4 heteroatoms. The Balaban J connectivity index is 2.31. The minimum atomic E-state index is -1.84. The topological polar surface area (TPSA) is 74.6 Å². The van der Waals surface area contributed by atoms with Crippen LogP contribution in [0, 0.1) is 5.41 Å². The number of allylic oxidation sites excluding steroid dienone is 3. The summed E-state index contributed by atoms with van der Waals surface area (Å²) < 4.78 is 0. The van der Waals surface area contributed by atoms with Crippen LogP contribution >= 0.6 is 0 Å². The van der Waals surface area contributed by atoms with Gasteiger partial charge in [0.25, 0.3) is 0 Å². The number of hydrogen-bond acceptors (Lipinski definition) is 2. The lowest BCUT2D eigenvalue weighted by molar-refractivity contribution is -0.160. The van der Waals surface area contributed by atoms with Gasteiger partial charge < -0.3 is 10.2 Å². The Labute approximate surface area is 104 Å². The van der Waals surface area contributed by atoms with Gasteiger partial charge in [-0.25, -0.2) is 0 Å². The van der Waals surface area contributed by atoms with Crippen molar-refractivity contribution < 1.29 is 19.8 Å². The second-order valence-corrected chi connectivity index (χ2v) is 4.14. The zero-order valence-electron chi connectivity index (χ0n) is 9.54. The lowest BCUT2D eigenvalue weighted by Gasteiger charge is -2.23. The normalized spacial score (nSPS) is 17.0. The predicted molar refractivity (Wildman–Crippen MR) is 65.9 cm³/mol. The van der Waals surface area contributed by atoms with Crippen LogP contribution in [0.4, 0.5) is 0 Å². The summed E-state index contributed by atoms with van der Waals surface area (Å²) >= 11 is 0. The molecule has 1 aromatic carbocycles. The molecule has 1 aliphatic rings. The van der Waals surface area contributed by atoms with Crippen LogP contribution in [0.3, 0.4) is 0 Å².